The molecule has 1 aliphatic heterocycles. The molecule has 1 aromatic carbocycles. The van der Waals surface area contributed by atoms with Crippen LogP contribution in [0.15, 0.2) is 59.5 Å². The third-order valence-electron chi connectivity index (χ3n) is 6.27. The molecule has 0 atom stereocenters. The van der Waals surface area contributed by atoms with E-state index in [0.717, 1.165) is 17.5 Å². The maximum atomic E-state index is 14.4. The Kier molecular flexibility index (Phi) is 9.90. The lowest BCUT2D eigenvalue weighted by Gasteiger charge is -2.11. The third kappa shape index (κ3) is 8.27. The van der Waals surface area contributed by atoms with Crippen LogP contribution < -0.4 is 0 Å². The summed E-state index contributed by atoms with van der Waals surface area (Å²) in [4.78, 5) is 40.3. The fraction of sp³-hybridized carbons (Fsp3) is 0.222. The molecule has 20 heteroatoms. The number of imidazole rings is 1. The summed E-state index contributed by atoms with van der Waals surface area (Å²) in [7, 11) is 0. The number of benzene rings is 1. The number of rotatable bonds is 5. The van der Waals surface area contributed by atoms with E-state index in [4.69, 9.17) is 24.3 Å². The van der Waals surface area contributed by atoms with Gasteiger partial charge in [-0.3, -0.25) is 14.3 Å². The van der Waals surface area contributed by atoms with Crippen LogP contribution in [-0.4, -0.2) is 81.6 Å². The number of hydrogen-bond donors (Lipinski definition) is 3. The standard InChI is InChI=1S/C23H18FN7O2.2C2HF3O2/c24-17-5-2-1-4-15(17)22-16(10-26-28-22)14-7-8-19-25-11-18(31(19)12-14)23-27-20(33-29-23)13-30-9-3-6-21(30)32;2*3-2(4,5)1(6)7/h1-2,4-5,7-8,10-12H,3,6,9,13H2,(H,26,28);2*(H,6,7). The van der Waals surface area contributed by atoms with Crippen molar-refractivity contribution in [1.82, 2.24) is 34.6 Å². The number of alkyl halides is 6. The molecule has 5 aromatic rings. The molecule has 5 heterocycles. The zero-order valence-corrected chi connectivity index (χ0v) is 23.4. The number of pyridine rings is 1. The number of aromatic nitrogens is 6. The van der Waals surface area contributed by atoms with Gasteiger partial charge >= 0.3 is 24.3 Å². The van der Waals surface area contributed by atoms with E-state index < -0.39 is 24.3 Å². The summed E-state index contributed by atoms with van der Waals surface area (Å²) < 4.78 is 85.1. The van der Waals surface area contributed by atoms with Crippen molar-refractivity contribution in [3.05, 3.63) is 66.7 Å². The minimum absolute atomic E-state index is 0.0972. The Morgan fingerprint density at radius 2 is 1.64 bits per heavy atom. The molecule has 0 radical (unpaired) electrons. The molecule has 0 bridgehead atoms. The van der Waals surface area contributed by atoms with Crippen LogP contribution >= 0.6 is 0 Å². The van der Waals surface area contributed by atoms with Crippen molar-refractivity contribution in [3.63, 3.8) is 0 Å². The average Bonchev–Trinajstić information content (AvgIpc) is 3.81. The number of carbonyl (C=O) groups excluding carboxylic acids is 1. The van der Waals surface area contributed by atoms with Gasteiger partial charge in [0.1, 0.15) is 22.9 Å². The summed E-state index contributed by atoms with van der Waals surface area (Å²) in [6.45, 7) is 0.999. The number of nitrogens with one attached hydrogen (secondary N) is 1. The van der Waals surface area contributed by atoms with Gasteiger partial charge in [0, 0.05) is 42.0 Å². The SMILES string of the molecule is O=C(O)C(F)(F)F.O=C(O)C(F)(F)F.O=C1CCCN1Cc1nc(-c2cnc3ccc(-c4c[nH]nc4-c4ccccc4F)cn23)no1. The highest BCUT2D eigenvalue weighted by Crippen LogP contribution is 2.32. The molecule has 0 spiro atoms. The van der Waals surface area contributed by atoms with Crippen molar-refractivity contribution in [1.29, 1.82) is 0 Å². The van der Waals surface area contributed by atoms with Crippen molar-refractivity contribution in [2.75, 3.05) is 6.54 Å². The molecule has 1 saturated heterocycles. The van der Waals surface area contributed by atoms with E-state index in [9.17, 15) is 35.5 Å². The second kappa shape index (κ2) is 13.7. The van der Waals surface area contributed by atoms with E-state index in [2.05, 4.69) is 25.3 Å². The molecule has 248 valence electrons. The van der Waals surface area contributed by atoms with Gasteiger partial charge in [0.25, 0.3) is 0 Å². The Balaban J connectivity index is 0.000000301. The van der Waals surface area contributed by atoms with Crippen molar-refractivity contribution >= 4 is 23.5 Å². The number of aliphatic carboxylic acids is 2. The predicted molar refractivity (Wildman–Crippen MR) is 143 cm³/mol. The van der Waals surface area contributed by atoms with Gasteiger partial charge in [-0.05, 0) is 30.7 Å². The minimum atomic E-state index is -5.08. The largest absolute Gasteiger partial charge is 0.490 e. The summed E-state index contributed by atoms with van der Waals surface area (Å²) in [5, 5.41) is 25.4. The Hall–Kier alpha value is -5.82. The van der Waals surface area contributed by atoms with Crippen molar-refractivity contribution in [3.8, 4) is 33.9 Å². The van der Waals surface area contributed by atoms with Gasteiger partial charge in [0.05, 0.1) is 12.7 Å². The first-order valence-electron chi connectivity index (χ1n) is 13.0. The second-order valence-electron chi connectivity index (χ2n) is 9.45. The van der Waals surface area contributed by atoms with Crippen LogP contribution in [0.25, 0.3) is 39.5 Å². The fourth-order valence-corrected chi connectivity index (χ4v) is 4.13. The van der Waals surface area contributed by atoms with E-state index in [1.807, 2.05) is 22.7 Å². The van der Waals surface area contributed by atoms with E-state index in [0.29, 0.717) is 53.8 Å². The summed E-state index contributed by atoms with van der Waals surface area (Å²) in [6, 6.07) is 10.3. The number of carboxylic acids is 2. The van der Waals surface area contributed by atoms with Crippen LogP contribution in [0.2, 0.25) is 0 Å². The van der Waals surface area contributed by atoms with Crippen LogP contribution in [0.5, 0.6) is 0 Å². The number of aromatic amines is 1. The Morgan fingerprint density at radius 1 is 0.979 bits per heavy atom. The molecular formula is C27H20F7N7O6. The molecule has 0 aliphatic carbocycles. The van der Waals surface area contributed by atoms with Crippen LogP contribution in [-0.2, 0) is 20.9 Å². The topological polar surface area (TPSA) is 180 Å². The average molecular weight is 671 g/mol. The Labute approximate surface area is 257 Å². The number of carboxylic acid groups (broad SMARTS) is 2. The van der Waals surface area contributed by atoms with Crippen LogP contribution in [0.1, 0.15) is 18.7 Å². The van der Waals surface area contributed by atoms with Gasteiger partial charge in [-0.15, -0.1) is 0 Å². The maximum absolute atomic E-state index is 14.4. The van der Waals surface area contributed by atoms with Crippen LogP contribution in [0, 0.1) is 5.82 Å². The summed E-state index contributed by atoms with van der Waals surface area (Å²) in [6.07, 6.45) is -3.48. The summed E-state index contributed by atoms with van der Waals surface area (Å²) in [5.74, 6) is -5.00. The maximum Gasteiger partial charge on any atom is 0.490 e. The number of likely N-dealkylation sites (tertiary alicyclic amines) is 1. The second-order valence-corrected chi connectivity index (χ2v) is 9.45. The minimum Gasteiger partial charge on any atom is -0.475 e. The van der Waals surface area contributed by atoms with Crippen LogP contribution in [0.4, 0.5) is 30.7 Å². The molecule has 1 amide bonds. The highest BCUT2D eigenvalue weighted by atomic mass is 19.4. The number of nitrogens with zero attached hydrogens (tertiary/aromatic N) is 6. The number of H-pyrrole nitrogens is 1. The van der Waals surface area contributed by atoms with E-state index in [1.54, 1.807) is 35.5 Å². The van der Waals surface area contributed by atoms with Gasteiger partial charge in [0.15, 0.2) is 0 Å². The van der Waals surface area contributed by atoms with Crippen molar-refractivity contribution in [2.45, 2.75) is 31.7 Å². The van der Waals surface area contributed by atoms with Crippen molar-refractivity contribution in [2.24, 2.45) is 0 Å². The molecule has 4 aromatic heterocycles. The molecule has 1 aliphatic rings. The number of fused-ring (bicyclic) bond motifs is 1. The van der Waals surface area contributed by atoms with E-state index in [-0.39, 0.29) is 11.7 Å². The highest BCUT2D eigenvalue weighted by Gasteiger charge is 2.39. The zero-order valence-electron chi connectivity index (χ0n) is 23.4. The van der Waals surface area contributed by atoms with Gasteiger partial charge in [-0.2, -0.15) is 36.4 Å². The molecule has 3 N–H and O–H groups in total. The number of halogens is 7. The Morgan fingerprint density at radius 3 is 2.23 bits per heavy atom. The van der Waals surface area contributed by atoms with Gasteiger partial charge < -0.3 is 19.6 Å². The molecular weight excluding hydrogens is 651 g/mol. The van der Waals surface area contributed by atoms with Gasteiger partial charge in [-0.1, -0.05) is 17.3 Å². The first-order valence-corrected chi connectivity index (χ1v) is 13.0. The first kappa shape index (κ1) is 34.1. The highest BCUT2D eigenvalue weighted by molar-refractivity contribution is 5.81. The molecule has 0 saturated carbocycles. The van der Waals surface area contributed by atoms with Crippen LogP contribution in [0.3, 0.4) is 0 Å². The van der Waals surface area contributed by atoms with Crippen molar-refractivity contribution < 1.29 is 59.9 Å². The lowest BCUT2D eigenvalue weighted by atomic mass is 10.0. The number of hydrogen-bond acceptors (Lipinski definition) is 8. The Bertz CT molecular complexity index is 1870. The molecule has 6 rings (SSSR count). The molecule has 0 unspecified atom stereocenters. The predicted octanol–water partition coefficient (Wildman–Crippen LogP) is 4.97. The molecule has 47 heavy (non-hydrogen) atoms. The summed E-state index contributed by atoms with van der Waals surface area (Å²) >= 11 is 0. The lowest BCUT2D eigenvalue weighted by molar-refractivity contribution is -0.193. The number of amides is 1. The number of carbonyl (C=O) groups is 3. The first-order chi connectivity index (χ1) is 22.1. The quantitative estimate of drug-likeness (QED) is 0.216. The van der Waals surface area contributed by atoms with E-state index >= 15 is 0 Å². The normalized spacial score (nSPS) is 13.2. The summed E-state index contributed by atoms with van der Waals surface area (Å²) in [5.41, 5.74) is 3.85. The van der Waals surface area contributed by atoms with Gasteiger partial charge in [-0.25, -0.2) is 19.0 Å². The smallest absolute Gasteiger partial charge is 0.475 e. The van der Waals surface area contributed by atoms with Gasteiger partial charge in [0.2, 0.25) is 17.6 Å². The zero-order chi connectivity index (χ0) is 34.5. The van der Waals surface area contributed by atoms with E-state index in [1.165, 1.54) is 6.07 Å². The molecule has 1 fully saturated rings. The lowest BCUT2D eigenvalue weighted by Crippen LogP contribution is -2.23. The molecule has 13 nitrogen and oxygen atoms in total. The fourth-order valence-electron chi connectivity index (χ4n) is 4.13. The monoisotopic (exact) mass is 671 g/mol. The third-order valence-corrected chi connectivity index (χ3v) is 6.27.